The highest BCUT2D eigenvalue weighted by molar-refractivity contribution is 7.91. The molecule has 1 aromatic heterocycles. The molecule has 0 unspecified atom stereocenters. The highest BCUT2D eigenvalue weighted by atomic mass is 32.2. The lowest BCUT2D eigenvalue weighted by atomic mass is 9.81. The number of benzene rings is 1. The van der Waals surface area contributed by atoms with Crippen LogP contribution in [0.2, 0.25) is 0 Å². The number of pyridine rings is 1. The van der Waals surface area contributed by atoms with Crippen LogP contribution in [0.3, 0.4) is 0 Å². The van der Waals surface area contributed by atoms with Crippen molar-refractivity contribution in [2.24, 2.45) is 17.8 Å². The molecule has 59 heavy (non-hydrogen) atoms. The Balaban J connectivity index is 1.45. The maximum Gasteiger partial charge on any atom is 0.408 e. The Morgan fingerprint density at radius 2 is 1.81 bits per heavy atom. The molecule has 0 radical (unpaired) electrons. The van der Waals surface area contributed by atoms with Gasteiger partial charge in [0.1, 0.15) is 40.8 Å². The minimum Gasteiger partial charge on any atom is -0.497 e. The van der Waals surface area contributed by atoms with Gasteiger partial charge in [0.25, 0.3) is 11.8 Å². The van der Waals surface area contributed by atoms with Crippen LogP contribution >= 0.6 is 0 Å². The largest absolute Gasteiger partial charge is 0.497 e. The van der Waals surface area contributed by atoms with E-state index in [1.54, 1.807) is 37.3 Å². The minimum atomic E-state index is -4.00. The Labute approximate surface area is 343 Å². The number of amides is 4. The zero-order valence-corrected chi connectivity index (χ0v) is 35.3. The lowest BCUT2D eigenvalue weighted by molar-refractivity contribution is -0.157. The lowest BCUT2D eigenvalue weighted by Crippen LogP contribution is -2.67. The number of rotatable bonds is 11. The summed E-state index contributed by atoms with van der Waals surface area (Å²) in [6.45, 7) is 6.20. The molecule has 3 fully saturated rings. The van der Waals surface area contributed by atoms with Gasteiger partial charge in [0.15, 0.2) is 0 Å². The fourth-order valence-corrected chi connectivity index (χ4v) is 9.77. The summed E-state index contributed by atoms with van der Waals surface area (Å²) < 4.78 is 76.3. The van der Waals surface area contributed by atoms with Crippen LogP contribution in [0.4, 0.5) is 13.6 Å². The van der Waals surface area contributed by atoms with Crippen molar-refractivity contribution in [3.63, 3.8) is 0 Å². The number of alkyl halides is 2. The van der Waals surface area contributed by atoms with Crippen molar-refractivity contribution < 1.29 is 55.7 Å². The van der Waals surface area contributed by atoms with Crippen molar-refractivity contribution in [2.75, 3.05) is 20.8 Å². The molecule has 2 aliphatic carbocycles. The fraction of sp³-hybridized carbons (Fsp3) is 0.634. The van der Waals surface area contributed by atoms with Gasteiger partial charge < -0.3 is 29.5 Å². The monoisotopic (exact) mass is 847 g/mol. The minimum absolute atomic E-state index is 0.0940. The van der Waals surface area contributed by atoms with E-state index in [1.165, 1.54) is 19.1 Å². The second-order valence-electron chi connectivity index (χ2n) is 17.0. The number of sulfonamides is 1. The first-order valence-electron chi connectivity index (χ1n) is 20.1. The molecule has 1 saturated heterocycles. The molecule has 15 nitrogen and oxygen atoms in total. The molecule has 18 heteroatoms. The van der Waals surface area contributed by atoms with E-state index >= 15 is 13.6 Å². The van der Waals surface area contributed by atoms with Gasteiger partial charge in [-0.25, -0.2) is 27.0 Å². The third-order valence-electron chi connectivity index (χ3n) is 12.6. The van der Waals surface area contributed by atoms with E-state index in [1.807, 2.05) is 13.0 Å². The van der Waals surface area contributed by atoms with Crippen molar-refractivity contribution in [1.82, 2.24) is 24.8 Å². The number of halogens is 2. The molecular weight excluding hydrogens is 793 g/mol. The molecule has 2 saturated carbocycles. The van der Waals surface area contributed by atoms with Gasteiger partial charge in [-0.15, -0.1) is 0 Å². The van der Waals surface area contributed by atoms with E-state index in [9.17, 15) is 27.9 Å². The highest BCUT2D eigenvalue weighted by Crippen LogP contribution is 2.47. The zero-order chi connectivity index (χ0) is 43.2. The number of carbonyl (C=O) groups excluding carboxylic acids is 3. The number of aromatic nitrogens is 1. The number of carbonyl (C=O) groups is 4. The fourth-order valence-electron chi connectivity index (χ4n) is 8.41. The van der Waals surface area contributed by atoms with Crippen LogP contribution in [0.25, 0.3) is 10.9 Å². The second-order valence-corrected chi connectivity index (χ2v) is 19.0. The molecule has 1 aromatic carbocycles. The molecule has 0 bridgehead atoms. The van der Waals surface area contributed by atoms with Crippen LogP contribution in [0, 0.1) is 17.8 Å². The number of nitrogens with one attached hydrogen (secondary N) is 2. The molecule has 324 valence electrons. The van der Waals surface area contributed by atoms with Gasteiger partial charge in [-0.2, -0.15) is 0 Å². The average Bonchev–Trinajstić information content (AvgIpc) is 4.10. The maximum atomic E-state index is 15.5. The summed E-state index contributed by atoms with van der Waals surface area (Å²) in [6.07, 6.45) is 3.42. The predicted molar refractivity (Wildman–Crippen MR) is 213 cm³/mol. The van der Waals surface area contributed by atoms with Crippen molar-refractivity contribution in [3.05, 3.63) is 36.4 Å². The van der Waals surface area contributed by atoms with Crippen LogP contribution < -0.4 is 24.2 Å². The van der Waals surface area contributed by atoms with Crippen molar-refractivity contribution in [3.8, 4) is 17.4 Å². The standard InChI is InChI=1S/C41H55F2N5O10S/c1-8-24-17-23(2)11-9-10-12-25-21-41(25,37(51)46-59(54,55)28-14-15-28)45-35(49)31-19-27(58-32-20-33(57-7)44-30-18-26(56-6)13-16-29(30)32)22-47(31)36(50)34(24)48(38(52)53)39(3,4)40(5,42)43/h10,12-13,16,18,20,23-25,27-28,31,34H,8-9,11,14-15,17,19,21-22H2,1-7H3,(H,45,49)(H,46,51)(H,52,53)/b12-10-/t23-,24-,25-,27-,31+,34+,41-/m1/s1. The Morgan fingerprint density at radius 3 is 2.42 bits per heavy atom. The quantitative estimate of drug-likeness (QED) is 0.250. The summed E-state index contributed by atoms with van der Waals surface area (Å²) in [5.74, 6) is -6.56. The molecule has 6 rings (SSSR count). The summed E-state index contributed by atoms with van der Waals surface area (Å²) in [6, 6.07) is 3.61. The van der Waals surface area contributed by atoms with E-state index in [2.05, 4.69) is 15.0 Å². The molecule has 2 aliphatic heterocycles. The third kappa shape index (κ3) is 8.78. The van der Waals surface area contributed by atoms with Crippen molar-refractivity contribution in [1.29, 1.82) is 0 Å². The summed E-state index contributed by atoms with van der Waals surface area (Å²) in [7, 11) is -1.07. The van der Waals surface area contributed by atoms with Gasteiger partial charge in [-0.05, 0) is 76.3 Å². The third-order valence-corrected chi connectivity index (χ3v) is 14.4. The Morgan fingerprint density at radius 1 is 1.10 bits per heavy atom. The molecule has 2 aromatic rings. The normalized spacial score (nSPS) is 28.6. The molecule has 0 spiro atoms. The van der Waals surface area contributed by atoms with Crippen LogP contribution in [0.15, 0.2) is 36.4 Å². The van der Waals surface area contributed by atoms with E-state index in [4.69, 9.17) is 14.2 Å². The lowest BCUT2D eigenvalue weighted by Gasteiger charge is -2.47. The molecule has 4 amide bonds. The van der Waals surface area contributed by atoms with Crippen molar-refractivity contribution in [2.45, 2.75) is 126 Å². The Kier molecular flexibility index (Phi) is 12.2. The molecule has 3 N–H and O–H groups in total. The maximum absolute atomic E-state index is 15.5. The van der Waals surface area contributed by atoms with E-state index < -0.39 is 86.1 Å². The summed E-state index contributed by atoms with van der Waals surface area (Å²) in [4.78, 5) is 63.3. The first-order valence-corrected chi connectivity index (χ1v) is 21.7. The molecular formula is C41H55F2N5O10S. The smallest absolute Gasteiger partial charge is 0.408 e. The van der Waals surface area contributed by atoms with Crippen LogP contribution in [-0.2, 0) is 24.4 Å². The SMILES string of the molecule is CC[C@@H]1C[C@H](C)CC/C=C\[C@@H]2C[C@@]2(C(=O)NS(=O)(=O)C2CC2)NC(=O)[C@@H]2C[C@@H](Oc3cc(OC)nc4cc(OC)ccc34)CN2C(=O)[C@H]1N(C(=O)O)C(C)(C)C(C)(F)F. The molecule has 7 atom stereocenters. The van der Waals surface area contributed by atoms with Gasteiger partial charge in [0.2, 0.25) is 27.7 Å². The van der Waals surface area contributed by atoms with Crippen LogP contribution in [-0.4, -0.2) is 113 Å². The summed E-state index contributed by atoms with van der Waals surface area (Å²) >= 11 is 0. The first kappa shape index (κ1) is 43.8. The van der Waals surface area contributed by atoms with Gasteiger partial charge >= 0.3 is 6.09 Å². The van der Waals surface area contributed by atoms with E-state index in [0.29, 0.717) is 66.3 Å². The van der Waals surface area contributed by atoms with E-state index in [-0.39, 0.29) is 37.6 Å². The number of ether oxygens (including phenoxy) is 3. The number of nitrogens with zero attached hydrogens (tertiary/aromatic N) is 3. The number of hydrogen-bond donors (Lipinski definition) is 3. The predicted octanol–water partition coefficient (Wildman–Crippen LogP) is 5.27. The topological polar surface area (TPSA) is 194 Å². The Bertz CT molecular complexity index is 2100. The number of fused-ring (bicyclic) bond motifs is 3. The summed E-state index contributed by atoms with van der Waals surface area (Å²) in [5, 5.41) is 13.4. The van der Waals surface area contributed by atoms with Crippen molar-refractivity contribution >= 4 is 44.7 Å². The molecule has 3 heterocycles. The average molecular weight is 848 g/mol. The second kappa shape index (κ2) is 16.4. The van der Waals surface area contributed by atoms with E-state index in [0.717, 1.165) is 13.8 Å². The van der Waals surface area contributed by atoms with Crippen LogP contribution in [0.5, 0.6) is 17.4 Å². The zero-order valence-electron chi connectivity index (χ0n) is 34.5. The number of carboxylic acid groups (broad SMARTS) is 1. The van der Waals surface area contributed by atoms with Crippen LogP contribution in [0.1, 0.15) is 86.0 Å². The molecule has 4 aliphatic rings. The van der Waals surface area contributed by atoms with Gasteiger partial charge in [0, 0.05) is 36.8 Å². The van der Waals surface area contributed by atoms with Gasteiger partial charge in [-0.1, -0.05) is 32.4 Å². The Hall–Kier alpha value is -4.74. The van der Waals surface area contributed by atoms with Gasteiger partial charge in [0.05, 0.1) is 31.5 Å². The summed E-state index contributed by atoms with van der Waals surface area (Å²) in [5.41, 5.74) is -3.58. The van der Waals surface area contributed by atoms with Gasteiger partial charge in [-0.3, -0.25) is 24.0 Å². The first-order chi connectivity index (χ1) is 27.7. The highest BCUT2D eigenvalue weighted by Gasteiger charge is 2.63. The number of allylic oxidation sites excluding steroid dienone is 1. The number of hydrogen-bond acceptors (Lipinski definition) is 10. The number of methoxy groups -OCH3 is 2.